The average molecular weight is 453 g/mol. The van der Waals surface area contributed by atoms with Crippen LogP contribution < -0.4 is 10.8 Å². The van der Waals surface area contributed by atoms with Crippen molar-refractivity contribution in [3.63, 3.8) is 0 Å². The van der Waals surface area contributed by atoms with E-state index in [9.17, 15) is 14.9 Å². The van der Waals surface area contributed by atoms with E-state index in [-0.39, 0.29) is 5.69 Å². The van der Waals surface area contributed by atoms with E-state index in [1.165, 1.54) is 12.1 Å². The summed E-state index contributed by atoms with van der Waals surface area (Å²) in [5.74, 6) is 0.0708. The molecule has 5 rings (SSSR count). The zero-order chi connectivity index (χ0) is 23.7. The maximum Gasteiger partial charge on any atom is 0.274 e. The summed E-state index contributed by atoms with van der Waals surface area (Å²) < 4.78 is 0. The topological polar surface area (TPSA) is 133 Å². The fraction of sp³-hybridized carbons (Fsp3) is 0.0400. The maximum atomic E-state index is 11.5. The van der Waals surface area contributed by atoms with Gasteiger partial charge in [0.2, 0.25) is 0 Å². The minimum atomic E-state index is -0.571. The first-order chi connectivity index (χ1) is 16.5. The van der Waals surface area contributed by atoms with Gasteiger partial charge in [-0.25, -0.2) is 10.5 Å². The SMILES string of the molecule is O=C(NO)c1ccc(CNc2cc3c([nH]c4ccccc43)c(-c3ccc([N+](=O)[O-])cc3)n2)cc1. The number of non-ortho nitro benzene ring substituents is 1. The lowest BCUT2D eigenvalue weighted by Crippen LogP contribution is -2.18. The minimum absolute atomic E-state index is 0.0178. The van der Waals surface area contributed by atoms with E-state index in [2.05, 4.69) is 10.3 Å². The highest BCUT2D eigenvalue weighted by Gasteiger charge is 2.15. The van der Waals surface area contributed by atoms with Crippen molar-refractivity contribution in [1.29, 1.82) is 0 Å². The number of anilines is 1. The number of aromatic nitrogens is 2. The van der Waals surface area contributed by atoms with E-state index in [1.807, 2.05) is 30.3 Å². The number of carbonyl (C=O) groups is 1. The molecular weight excluding hydrogens is 434 g/mol. The minimum Gasteiger partial charge on any atom is -0.366 e. The second-order valence-electron chi connectivity index (χ2n) is 7.74. The first-order valence-electron chi connectivity index (χ1n) is 10.5. The van der Waals surface area contributed by atoms with Crippen molar-refractivity contribution in [3.05, 3.63) is 100 Å². The molecule has 3 aromatic carbocycles. The van der Waals surface area contributed by atoms with E-state index in [0.29, 0.717) is 23.6 Å². The highest BCUT2D eigenvalue weighted by Crippen LogP contribution is 2.34. The molecule has 9 nitrogen and oxygen atoms in total. The summed E-state index contributed by atoms with van der Waals surface area (Å²) >= 11 is 0. The number of aromatic amines is 1. The first kappa shape index (κ1) is 21.1. The van der Waals surface area contributed by atoms with Crippen molar-refractivity contribution < 1.29 is 14.9 Å². The molecule has 0 aliphatic rings. The van der Waals surface area contributed by atoms with Crippen molar-refractivity contribution in [2.45, 2.75) is 6.54 Å². The Hall–Kier alpha value is -4.76. The van der Waals surface area contributed by atoms with Crippen LogP contribution in [0.4, 0.5) is 11.5 Å². The number of hydrogen-bond acceptors (Lipinski definition) is 6. The number of nitrogens with zero attached hydrogens (tertiary/aromatic N) is 2. The van der Waals surface area contributed by atoms with Gasteiger partial charge in [0.25, 0.3) is 11.6 Å². The third-order valence-electron chi connectivity index (χ3n) is 5.64. The summed E-state index contributed by atoms with van der Waals surface area (Å²) in [6.07, 6.45) is 0. The normalized spacial score (nSPS) is 11.0. The number of H-pyrrole nitrogens is 1. The van der Waals surface area contributed by atoms with Crippen LogP contribution in [0.15, 0.2) is 78.9 Å². The van der Waals surface area contributed by atoms with Crippen LogP contribution in [0.3, 0.4) is 0 Å². The average Bonchev–Trinajstić information content (AvgIpc) is 3.25. The van der Waals surface area contributed by atoms with Crippen LogP contribution in [0.25, 0.3) is 33.1 Å². The number of nitro benzene ring substituents is 1. The summed E-state index contributed by atoms with van der Waals surface area (Å²) in [5.41, 5.74) is 6.16. The zero-order valence-corrected chi connectivity index (χ0v) is 17.8. The molecule has 5 aromatic rings. The number of fused-ring (bicyclic) bond motifs is 3. The Morgan fingerprint density at radius 3 is 2.44 bits per heavy atom. The summed E-state index contributed by atoms with van der Waals surface area (Å²) in [6, 6.07) is 23.1. The van der Waals surface area contributed by atoms with E-state index < -0.39 is 10.8 Å². The Balaban J connectivity index is 1.53. The Kier molecular flexibility index (Phi) is 5.36. The predicted molar refractivity (Wildman–Crippen MR) is 129 cm³/mol. The van der Waals surface area contributed by atoms with Gasteiger partial charge in [-0.05, 0) is 42.0 Å². The van der Waals surface area contributed by atoms with Crippen LogP contribution in [-0.4, -0.2) is 26.0 Å². The standard InChI is InChI=1S/C25H19N5O4/c31-25(29-32)17-7-5-15(6-8-17)14-26-22-13-20-19-3-1-2-4-21(19)27-24(20)23(28-22)16-9-11-18(12-10-16)30(33)34/h1-13,27,32H,14H2,(H,26,28)(H,29,31). The summed E-state index contributed by atoms with van der Waals surface area (Å²) in [6.45, 7) is 0.460. The van der Waals surface area contributed by atoms with Crippen LogP contribution in [0, 0.1) is 10.1 Å². The van der Waals surface area contributed by atoms with E-state index >= 15 is 0 Å². The van der Waals surface area contributed by atoms with Gasteiger partial charge in [0.1, 0.15) is 5.82 Å². The number of nitrogens with one attached hydrogen (secondary N) is 3. The Bertz CT molecular complexity index is 1530. The Morgan fingerprint density at radius 1 is 1.00 bits per heavy atom. The molecule has 0 aliphatic carbocycles. The van der Waals surface area contributed by atoms with Crippen molar-refractivity contribution in [1.82, 2.24) is 15.4 Å². The molecule has 9 heteroatoms. The predicted octanol–water partition coefficient (Wildman–Crippen LogP) is 5.02. The number of para-hydroxylation sites is 1. The largest absolute Gasteiger partial charge is 0.366 e. The van der Waals surface area contributed by atoms with Gasteiger partial charge in [-0.2, -0.15) is 0 Å². The number of nitro groups is 1. The third kappa shape index (κ3) is 3.91. The Morgan fingerprint density at radius 2 is 1.74 bits per heavy atom. The maximum absolute atomic E-state index is 11.5. The summed E-state index contributed by atoms with van der Waals surface area (Å²) in [5, 5.41) is 25.2. The molecule has 0 fully saturated rings. The number of rotatable bonds is 6. The lowest BCUT2D eigenvalue weighted by Gasteiger charge is -2.10. The molecule has 0 aliphatic heterocycles. The molecule has 1 amide bonds. The third-order valence-corrected chi connectivity index (χ3v) is 5.64. The van der Waals surface area contributed by atoms with E-state index in [0.717, 1.165) is 32.9 Å². The molecule has 0 spiro atoms. The van der Waals surface area contributed by atoms with E-state index in [1.54, 1.807) is 41.9 Å². The molecule has 0 bridgehead atoms. The number of benzene rings is 3. The quantitative estimate of drug-likeness (QED) is 0.162. The molecule has 2 heterocycles. The van der Waals surface area contributed by atoms with Crippen molar-refractivity contribution in [2.75, 3.05) is 5.32 Å². The molecule has 0 atom stereocenters. The second kappa shape index (κ2) is 8.64. The van der Waals surface area contributed by atoms with Gasteiger partial charge in [-0.1, -0.05) is 30.3 Å². The Labute approximate surface area is 193 Å². The van der Waals surface area contributed by atoms with Gasteiger partial charge in [-0.15, -0.1) is 0 Å². The molecule has 0 unspecified atom stereocenters. The molecule has 0 radical (unpaired) electrons. The zero-order valence-electron chi connectivity index (χ0n) is 17.8. The van der Waals surface area contributed by atoms with Crippen molar-refractivity contribution in [2.24, 2.45) is 0 Å². The molecule has 34 heavy (non-hydrogen) atoms. The number of amides is 1. The molecule has 0 saturated carbocycles. The molecule has 2 aromatic heterocycles. The van der Waals surface area contributed by atoms with E-state index in [4.69, 9.17) is 10.2 Å². The van der Waals surface area contributed by atoms with Crippen molar-refractivity contribution >= 4 is 39.2 Å². The van der Waals surface area contributed by atoms with Gasteiger partial charge in [-0.3, -0.25) is 20.1 Å². The molecule has 4 N–H and O–H groups in total. The highest BCUT2D eigenvalue weighted by molar-refractivity contribution is 6.11. The van der Waals surface area contributed by atoms with Gasteiger partial charge in [0, 0.05) is 46.1 Å². The fourth-order valence-corrected chi connectivity index (χ4v) is 3.92. The number of pyridine rings is 1. The van der Waals surface area contributed by atoms with Crippen LogP contribution in [0.2, 0.25) is 0 Å². The molecule has 168 valence electrons. The second-order valence-corrected chi connectivity index (χ2v) is 7.74. The van der Waals surface area contributed by atoms with Gasteiger partial charge in [0.15, 0.2) is 0 Å². The fourth-order valence-electron chi connectivity index (χ4n) is 3.92. The molecule has 0 saturated heterocycles. The number of hydrogen-bond donors (Lipinski definition) is 4. The lowest BCUT2D eigenvalue weighted by molar-refractivity contribution is -0.384. The highest BCUT2D eigenvalue weighted by atomic mass is 16.6. The van der Waals surface area contributed by atoms with Crippen LogP contribution >= 0.6 is 0 Å². The lowest BCUT2D eigenvalue weighted by atomic mass is 10.1. The number of hydroxylamine groups is 1. The summed E-state index contributed by atoms with van der Waals surface area (Å²) in [7, 11) is 0. The monoisotopic (exact) mass is 453 g/mol. The van der Waals surface area contributed by atoms with Crippen LogP contribution in [-0.2, 0) is 6.54 Å². The van der Waals surface area contributed by atoms with Crippen LogP contribution in [0.1, 0.15) is 15.9 Å². The summed E-state index contributed by atoms with van der Waals surface area (Å²) in [4.78, 5) is 30.4. The van der Waals surface area contributed by atoms with Crippen LogP contribution in [0.5, 0.6) is 0 Å². The van der Waals surface area contributed by atoms with Gasteiger partial charge >= 0.3 is 0 Å². The molecular formula is C25H19N5O4. The smallest absolute Gasteiger partial charge is 0.274 e. The number of carbonyl (C=O) groups excluding carboxylic acids is 1. The van der Waals surface area contributed by atoms with Crippen molar-refractivity contribution in [3.8, 4) is 11.3 Å². The van der Waals surface area contributed by atoms with Gasteiger partial charge in [0.05, 0.1) is 16.1 Å². The van der Waals surface area contributed by atoms with Gasteiger partial charge < -0.3 is 10.3 Å². The first-order valence-corrected chi connectivity index (χ1v) is 10.5.